The van der Waals surface area contributed by atoms with Crippen molar-refractivity contribution in [1.29, 1.82) is 0 Å². The molecular weight excluding hydrogens is 446 g/mol. The lowest BCUT2D eigenvalue weighted by molar-refractivity contribution is -0.139. The number of aliphatic hydroxyl groups is 1. The molecule has 3 N–H and O–H groups in total. The highest BCUT2D eigenvalue weighted by molar-refractivity contribution is 7.17. The van der Waals surface area contributed by atoms with E-state index in [1.807, 2.05) is 24.3 Å². The predicted octanol–water partition coefficient (Wildman–Crippen LogP) is 4.04. The third-order valence-electron chi connectivity index (χ3n) is 5.06. The number of nitrogens with two attached hydrogens (primary N) is 1. The number of rotatable bonds is 13. The van der Waals surface area contributed by atoms with Gasteiger partial charge in [0, 0.05) is 0 Å². The van der Waals surface area contributed by atoms with Gasteiger partial charge in [-0.05, 0) is 55.0 Å². The van der Waals surface area contributed by atoms with Gasteiger partial charge >= 0.3 is 6.18 Å². The van der Waals surface area contributed by atoms with Gasteiger partial charge in [-0.15, -0.1) is 0 Å². The molecule has 0 heterocycles. The summed E-state index contributed by atoms with van der Waals surface area (Å²) in [6.07, 6.45) is -3.10. The van der Waals surface area contributed by atoms with Gasteiger partial charge < -0.3 is 24.8 Å². The first kappa shape index (κ1) is 26.2. The van der Waals surface area contributed by atoms with Gasteiger partial charge in [0.25, 0.3) is 0 Å². The Morgan fingerprint density at radius 2 is 1.84 bits per heavy atom. The highest BCUT2D eigenvalue weighted by Gasteiger charge is 2.35. The van der Waals surface area contributed by atoms with E-state index in [0.29, 0.717) is 18.4 Å². The van der Waals surface area contributed by atoms with Crippen LogP contribution in [-0.2, 0) is 28.1 Å². The Labute approximate surface area is 186 Å². The van der Waals surface area contributed by atoms with Gasteiger partial charge in [0.05, 0.1) is 38.0 Å². The van der Waals surface area contributed by atoms with E-state index in [0.717, 1.165) is 17.4 Å². The van der Waals surface area contributed by atoms with Crippen LogP contribution in [0.5, 0.6) is 11.5 Å². The number of aryl methyl sites for hydroxylation is 2. The van der Waals surface area contributed by atoms with Crippen molar-refractivity contribution in [2.75, 3.05) is 26.9 Å². The van der Waals surface area contributed by atoms with Crippen LogP contribution in [0, 0.1) is 0 Å². The van der Waals surface area contributed by atoms with Gasteiger partial charge in [-0.2, -0.15) is 13.2 Å². The molecule has 2 aromatic rings. The second-order valence-corrected chi connectivity index (χ2v) is 8.05. The summed E-state index contributed by atoms with van der Waals surface area (Å²) >= 11 is 0. The first-order valence-corrected chi connectivity index (χ1v) is 11.1. The molecule has 2 atom stereocenters. The molecule has 0 aliphatic rings. The van der Waals surface area contributed by atoms with Crippen molar-refractivity contribution in [2.45, 2.75) is 37.4 Å². The van der Waals surface area contributed by atoms with Crippen molar-refractivity contribution >= 4 is 8.69 Å². The minimum absolute atomic E-state index is 0.117. The molecule has 0 saturated heterocycles. The number of ether oxygens (including phenoxy) is 2. The molecular formula is C22H29F3NO5P. The Morgan fingerprint density at radius 1 is 1.09 bits per heavy atom. The van der Waals surface area contributed by atoms with E-state index < -0.39 is 32.6 Å². The fraction of sp³-hybridized carbons (Fsp3) is 0.455. The van der Waals surface area contributed by atoms with Crippen LogP contribution in [0.2, 0.25) is 0 Å². The average Bonchev–Trinajstić information content (AvgIpc) is 2.79. The van der Waals surface area contributed by atoms with Crippen molar-refractivity contribution < 1.29 is 36.8 Å². The average molecular weight is 475 g/mol. The summed E-state index contributed by atoms with van der Waals surface area (Å²) in [6, 6.07) is 11.3. The molecule has 2 rings (SSSR count). The number of hydrogen-bond donors (Lipinski definition) is 2. The van der Waals surface area contributed by atoms with Crippen LogP contribution in [0.25, 0.3) is 0 Å². The molecule has 0 saturated carbocycles. The summed E-state index contributed by atoms with van der Waals surface area (Å²) < 4.78 is 66.9. The van der Waals surface area contributed by atoms with Crippen molar-refractivity contribution in [3.8, 4) is 11.5 Å². The molecule has 10 heteroatoms. The zero-order chi connectivity index (χ0) is 23.6. The molecule has 0 amide bonds. The lowest BCUT2D eigenvalue weighted by Gasteiger charge is -2.26. The highest BCUT2D eigenvalue weighted by atomic mass is 31.1. The van der Waals surface area contributed by atoms with Crippen molar-refractivity contribution in [3.05, 3.63) is 59.2 Å². The standard InChI is InChI=1S/C22H29F3NO5P/c1-29-19-7-3-2-5-17(19)6-4-12-30-20-9-8-16(13-18(20)22(23,24)25)10-11-21(26,14-27)15-31-32-28/h2-3,5,7-9,13,27H,4,6,10-12,14-15,26,32H2,1H3. The number of hydrogen-bond acceptors (Lipinski definition) is 6. The Balaban J connectivity index is 2.02. The Morgan fingerprint density at radius 3 is 2.50 bits per heavy atom. The summed E-state index contributed by atoms with van der Waals surface area (Å²) in [7, 11) is 0.0887. The minimum atomic E-state index is -4.58. The largest absolute Gasteiger partial charge is 0.496 e. The molecule has 0 bridgehead atoms. The number of alkyl halides is 3. The van der Waals surface area contributed by atoms with E-state index in [1.165, 1.54) is 6.07 Å². The van der Waals surface area contributed by atoms with Gasteiger partial charge in [-0.25, -0.2) is 0 Å². The predicted molar refractivity (Wildman–Crippen MR) is 117 cm³/mol. The number of aliphatic hydroxyl groups excluding tert-OH is 1. The van der Waals surface area contributed by atoms with Crippen LogP contribution >= 0.6 is 8.69 Å². The smallest absolute Gasteiger partial charge is 0.419 e. The third-order valence-corrected chi connectivity index (χ3v) is 5.36. The topological polar surface area (TPSA) is 91.0 Å². The van der Waals surface area contributed by atoms with Gasteiger partial charge in [0.2, 0.25) is 0 Å². The maximum Gasteiger partial charge on any atom is 0.419 e. The third kappa shape index (κ3) is 7.81. The highest BCUT2D eigenvalue weighted by Crippen LogP contribution is 2.37. The quantitative estimate of drug-likeness (QED) is 0.336. The van der Waals surface area contributed by atoms with Crippen LogP contribution < -0.4 is 15.2 Å². The Bertz CT molecular complexity index is 881. The van der Waals surface area contributed by atoms with Crippen molar-refractivity contribution in [1.82, 2.24) is 0 Å². The molecule has 0 radical (unpaired) electrons. The monoisotopic (exact) mass is 475 g/mol. The van der Waals surface area contributed by atoms with Crippen LogP contribution in [0.3, 0.4) is 0 Å². The minimum Gasteiger partial charge on any atom is -0.496 e. The van der Waals surface area contributed by atoms with Crippen LogP contribution in [0.4, 0.5) is 13.2 Å². The normalized spacial score (nSPS) is 13.9. The Kier molecular flexibility index (Phi) is 10.0. The van der Waals surface area contributed by atoms with E-state index in [-0.39, 0.29) is 31.8 Å². The molecule has 0 aromatic heterocycles. The number of benzene rings is 2. The van der Waals surface area contributed by atoms with Gasteiger partial charge in [0.1, 0.15) is 11.5 Å². The van der Waals surface area contributed by atoms with E-state index in [4.69, 9.17) is 19.7 Å². The second-order valence-electron chi connectivity index (χ2n) is 7.52. The lowest BCUT2D eigenvalue weighted by Crippen LogP contribution is -2.47. The molecule has 2 aromatic carbocycles. The lowest BCUT2D eigenvalue weighted by atomic mass is 9.93. The SMILES string of the molecule is COc1ccccc1CCCOc1ccc(CCC(N)(CO)CO[PH2]=O)cc1C(F)(F)F. The zero-order valence-corrected chi connectivity index (χ0v) is 19.0. The van der Waals surface area contributed by atoms with E-state index in [1.54, 1.807) is 13.2 Å². The zero-order valence-electron chi connectivity index (χ0n) is 17.9. The van der Waals surface area contributed by atoms with Gasteiger partial charge in [-0.3, -0.25) is 4.57 Å². The number of para-hydroxylation sites is 1. The maximum absolute atomic E-state index is 13.6. The summed E-state index contributed by atoms with van der Waals surface area (Å²) in [5.74, 6) is 0.495. The summed E-state index contributed by atoms with van der Waals surface area (Å²) in [5, 5.41) is 9.45. The first-order chi connectivity index (χ1) is 15.2. The fourth-order valence-corrected chi connectivity index (χ4v) is 3.62. The fourth-order valence-electron chi connectivity index (χ4n) is 3.22. The first-order valence-electron chi connectivity index (χ1n) is 10.1. The van der Waals surface area contributed by atoms with E-state index >= 15 is 0 Å². The van der Waals surface area contributed by atoms with Crippen LogP contribution in [0.1, 0.15) is 29.5 Å². The maximum atomic E-state index is 13.6. The molecule has 0 aliphatic carbocycles. The summed E-state index contributed by atoms with van der Waals surface area (Å²) in [6.45, 7) is -0.459. The number of halogens is 3. The molecule has 6 nitrogen and oxygen atoms in total. The van der Waals surface area contributed by atoms with Gasteiger partial charge in [0.15, 0.2) is 8.69 Å². The van der Waals surface area contributed by atoms with Gasteiger partial charge in [-0.1, -0.05) is 24.3 Å². The molecule has 2 unspecified atom stereocenters. The molecule has 0 aliphatic heterocycles. The molecule has 0 fully saturated rings. The molecule has 0 spiro atoms. The summed E-state index contributed by atoms with van der Waals surface area (Å²) in [4.78, 5) is 0. The van der Waals surface area contributed by atoms with E-state index in [9.17, 15) is 22.8 Å². The molecule has 178 valence electrons. The summed E-state index contributed by atoms with van der Waals surface area (Å²) in [5.41, 5.74) is 5.30. The Hall–Kier alpha value is -2.06. The van der Waals surface area contributed by atoms with Crippen molar-refractivity contribution in [3.63, 3.8) is 0 Å². The molecule has 32 heavy (non-hydrogen) atoms. The second kappa shape index (κ2) is 12.3. The van der Waals surface area contributed by atoms with Crippen LogP contribution in [-0.4, -0.2) is 37.6 Å². The number of methoxy groups -OCH3 is 1. The van der Waals surface area contributed by atoms with Crippen LogP contribution in [0.15, 0.2) is 42.5 Å². The van der Waals surface area contributed by atoms with Crippen molar-refractivity contribution in [2.24, 2.45) is 5.73 Å². The van der Waals surface area contributed by atoms with E-state index in [2.05, 4.69) is 0 Å².